The molecule has 6 unspecified atom stereocenters. The Hall–Kier alpha value is -3.64. The zero-order valence-electron chi connectivity index (χ0n) is 30.7. The van der Waals surface area contributed by atoms with E-state index in [1.54, 1.807) is 37.3 Å². The Kier molecular flexibility index (Phi) is 16.6. The fraction of sp³-hybridized carbons (Fsp3) is 0.568. The predicted octanol–water partition coefficient (Wildman–Crippen LogP) is -3.07. The Morgan fingerprint density at radius 3 is 2.04 bits per heavy atom. The average molecular weight is 799 g/mol. The lowest BCUT2D eigenvalue weighted by Gasteiger charge is -2.42. The van der Waals surface area contributed by atoms with Crippen LogP contribution in [0.25, 0.3) is 0 Å². The van der Waals surface area contributed by atoms with Crippen molar-refractivity contribution in [3.8, 4) is 0 Å². The van der Waals surface area contributed by atoms with E-state index in [0.29, 0.717) is 0 Å². The van der Waals surface area contributed by atoms with Crippen LogP contribution in [0.4, 0.5) is 0 Å². The van der Waals surface area contributed by atoms with Crippen molar-refractivity contribution >= 4 is 11.9 Å². The number of rotatable bonds is 5. The van der Waals surface area contributed by atoms with Gasteiger partial charge in [0.2, 0.25) is 12.6 Å². The van der Waals surface area contributed by atoms with Crippen LogP contribution in [0.1, 0.15) is 20.8 Å². The van der Waals surface area contributed by atoms with E-state index in [9.17, 15) is 60.7 Å². The molecule has 0 radical (unpaired) electrons. The molecule has 15 atom stereocenters. The molecule has 0 aromatic carbocycles. The van der Waals surface area contributed by atoms with E-state index >= 15 is 0 Å². The molecule has 10 N–H and O–H groups in total. The number of ether oxygens (including phenoxy) is 7. The summed E-state index contributed by atoms with van der Waals surface area (Å²) >= 11 is 0. The molecule has 3 saturated heterocycles. The molecule has 0 amide bonds. The van der Waals surface area contributed by atoms with Crippen LogP contribution in [0.15, 0.2) is 83.2 Å². The van der Waals surface area contributed by atoms with Gasteiger partial charge in [0.05, 0.1) is 13.2 Å². The summed E-state index contributed by atoms with van der Waals surface area (Å²) in [5.74, 6) is -1.71. The minimum absolute atomic E-state index is 0.000734. The first kappa shape index (κ1) is 45.1. The van der Waals surface area contributed by atoms with Gasteiger partial charge in [-0.3, -0.25) is 0 Å². The fourth-order valence-corrected chi connectivity index (χ4v) is 5.61. The second-order valence-electron chi connectivity index (χ2n) is 13.5. The van der Waals surface area contributed by atoms with Crippen LogP contribution in [0.5, 0.6) is 0 Å². The molecule has 4 aliphatic rings. The first-order valence-electron chi connectivity index (χ1n) is 17.6. The lowest BCUT2D eigenvalue weighted by atomic mass is 9.98. The molecule has 4 heterocycles. The summed E-state index contributed by atoms with van der Waals surface area (Å²) in [5.41, 5.74) is 0.849. The van der Waals surface area contributed by atoms with E-state index in [2.05, 4.69) is 0 Å². The van der Waals surface area contributed by atoms with Crippen molar-refractivity contribution in [3.05, 3.63) is 83.2 Å². The molecular weight excluding hydrogens is 748 g/mol. The summed E-state index contributed by atoms with van der Waals surface area (Å²) in [6, 6.07) is 0. The lowest BCUT2D eigenvalue weighted by Crippen LogP contribution is -2.62. The lowest BCUT2D eigenvalue weighted by molar-refractivity contribution is -0.327. The highest BCUT2D eigenvalue weighted by atomic mass is 16.7. The highest BCUT2D eigenvalue weighted by molar-refractivity contribution is 5.88. The van der Waals surface area contributed by atoms with E-state index in [4.69, 9.17) is 33.2 Å². The van der Waals surface area contributed by atoms with Gasteiger partial charge in [-0.2, -0.15) is 0 Å². The van der Waals surface area contributed by atoms with Crippen LogP contribution < -0.4 is 0 Å². The maximum absolute atomic E-state index is 12.7. The molecule has 4 rings (SSSR count). The first-order valence-corrected chi connectivity index (χ1v) is 17.6. The summed E-state index contributed by atoms with van der Waals surface area (Å²) in [5, 5.41) is 103. The largest absolute Gasteiger partial charge is 0.491 e. The molecule has 19 heteroatoms. The number of carbonyl (C=O) groups is 2. The summed E-state index contributed by atoms with van der Waals surface area (Å²) < 4.78 is 38.3. The van der Waals surface area contributed by atoms with Crippen LogP contribution in [-0.4, -0.2) is 175 Å². The second-order valence-corrected chi connectivity index (χ2v) is 13.5. The smallest absolute Gasteiger partial charge is 0.336 e. The Morgan fingerprint density at radius 1 is 0.750 bits per heavy atom. The van der Waals surface area contributed by atoms with Crippen molar-refractivity contribution < 1.29 is 93.8 Å². The predicted molar refractivity (Wildman–Crippen MR) is 188 cm³/mol. The Bertz CT molecular complexity index is 1560. The standard InChI is InChI=1S/C37H50O19/c1-17-8-4-5-12-20(13-7-11-19(3)34(49)55-36-31(46)27(42)24(39)21(14-38)52-36)50-15-22-25(40)28(43)30(45)35(53-22)51-16-23-26(41)29(44)32(47)37(54-23)56-33(48)18(2)10-6-9-17/h4-13,21-32,35-47H,14-16H2,1-3H3/b5-4+,9-6+,13-7+,17-8+,18-10-,19-11+,20-12-/t21?,22?,23?,24-,25-,26-,27+,28+,29+,30?,31?,32?,35-,36+,37+/m1/s1. The maximum Gasteiger partial charge on any atom is 0.336 e. The number of esters is 2. The average Bonchev–Trinajstić information content (AvgIpc) is 3.17. The van der Waals surface area contributed by atoms with Gasteiger partial charge in [0.1, 0.15) is 85.6 Å². The summed E-state index contributed by atoms with van der Waals surface area (Å²) in [7, 11) is 0. The van der Waals surface area contributed by atoms with Gasteiger partial charge in [0, 0.05) is 11.1 Å². The number of carbonyl (C=O) groups excluding carboxylic acids is 2. The zero-order chi connectivity index (χ0) is 41.3. The van der Waals surface area contributed by atoms with Gasteiger partial charge in [-0.1, -0.05) is 54.2 Å². The minimum atomic E-state index is -1.83. The number of fused-ring (bicyclic) bond motifs is 4. The Balaban J connectivity index is 1.56. The van der Waals surface area contributed by atoms with Crippen molar-refractivity contribution in [1.29, 1.82) is 0 Å². The van der Waals surface area contributed by atoms with E-state index in [1.165, 1.54) is 44.2 Å². The van der Waals surface area contributed by atoms with Crippen LogP contribution >= 0.6 is 0 Å². The molecular formula is C37H50O19. The summed E-state index contributed by atoms with van der Waals surface area (Å²) in [6.45, 7) is 2.85. The van der Waals surface area contributed by atoms with Gasteiger partial charge in [0.25, 0.3) is 0 Å². The molecule has 19 nitrogen and oxygen atoms in total. The van der Waals surface area contributed by atoms with Gasteiger partial charge in [0.15, 0.2) is 6.29 Å². The summed E-state index contributed by atoms with van der Waals surface area (Å²) in [4.78, 5) is 25.5. The molecule has 0 saturated carbocycles. The minimum Gasteiger partial charge on any atom is -0.491 e. The number of aliphatic hydroxyl groups excluding tert-OH is 10. The van der Waals surface area contributed by atoms with Gasteiger partial charge in [-0.15, -0.1) is 0 Å². The molecule has 0 aromatic heterocycles. The van der Waals surface area contributed by atoms with Gasteiger partial charge in [-0.05, 0) is 32.9 Å². The van der Waals surface area contributed by atoms with Crippen LogP contribution in [0.3, 0.4) is 0 Å². The normalized spacial score (nSPS) is 43.5. The second kappa shape index (κ2) is 20.7. The van der Waals surface area contributed by atoms with Crippen LogP contribution in [-0.2, 0) is 42.7 Å². The van der Waals surface area contributed by atoms with Gasteiger partial charge < -0.3 is 84.2 Å². The highest BCUT2D eigenvalue weighted by Gasteiger charge is 2.49. The SMILES string of the molecule is C/C1=C/C=C/C(C)=C/C=C/C=C(/C=C/C=C(\C)C(=O)O[C@@H]2OC(CO)[C@@H](O)[C@H](O)C2O)OCC2O[C@@H](OCC3O[C@@H](OC1=O)C(O)[C@@H](O)[C@@H]3O)C(O)[C@@H](O)[C@@H]2O. The van der Waals surface area contributed by atoms with Gasteiger partial charge >= 0.3 is 11.9 Å². The van der Waals surface area contributed by atoms with Crippen molar-refractivity contribution in [2.45, 2.75) is 113 Å². The quantitative estimate of drug-likeness (QED) is 0.0750. The number of hydrogen-bond donors (Lipinski definition) is 10. The van der Waals surface area contributed by atoms with Crippen LogP contribution in [0.2, 0.25) is 0 Å². The molecule has 312 valence electrons. The van der Waals surface area contributed by atoms with E-state index in [0.717, 1.165) is 5.57 Å². The molecule has 0 aromatic rings. The third-order valence-electron chi connectivity index (χ3n) is 9.16. The van der Waals surface area contributed by atoms with Gasteiger partial charge in [-0.25, -0.2) is 9.59 Å². The van der Waals surface area contributed by atoms with E-state index in [1.807, 2.05) is 0 Å². The molecule has 0 aliphatic carbocycles. The number of allylic oxidation sites excluding steroid dienone is 11. The molecule has 4 bridgehead atoms. The Morgan fingerprint density at radius 2 is 1.36 bits per heavy atom. The zero-order valence-corrected chi connectivity index (χ0v) is 30.7. The Labute approximate surface area is 321 Å². The van der Waals surface area contributed by atoms with E-state index in [-0.39, 0.29) is 16.9 Å². The third kappa shape index (κ3) is 11.5. The number of hydrogen-bond acceptors (Lipinski definition) is 19. The molecule has 56 heavy (non-hydrogen) atoms. The van der Waals surface area contributed by atoms with Crippen LogP contribution in [0, 0.1) is 0 Å². The first-order chi connectivity index (χ1) is 26.5. The van der Waals surface area contributed by atoms with Crippen molar-refractivity contribution in [2.24, 2.45) is 0 Å². The van der Waals surface area contributed by atoms with Crippen molar-refractivity contribution in [2.75, 3.05) is 19.8 Å². The third-order valence-corrected chi connectivity index (χ3v) is 9.16. The van der Waals surface area contributed by atoms with Crippen molar-refractivity contribution in [1.82, 2.24) is 0 Å². The monoisotopic (exact) mass is 798 g/mol. The molecule has 0 spiro atoms. The topological polar surface area (TPSA) is 301 Å². The molecule has 4 aliphatic heterocycles. The highest BCUT2D eigenvalue weighted by Crippen LogP contribution is 2.27. The number of aliphatic hydroxyl groups is 10. The summed E-state index contributed by atoms with van der Waals surface area (Å²) in [6.07, 6.45) is -9.62. The molecule has 3 fully saturated rings. The van der Waals surface area contributed by atoms with E-state index < -0.39 is 124 Å². The van der Waals surface area contributed by atoms with Crippen molar-refractivity contribution in [3.63, 3.8) is 0 Å². The fourth-order valence-electron chi connectivity index (χ4n) is 5.61. The maximum atomic E-state index is 12.7.